The van der Waals surface area contributed by atoms with Gasteiger partial charge < -0.3 is 9.47 Å². The Balaban J connectivity index is 2.46. The predicted molar refractivity (Wildman–Crippen MR) is 92.1 cm³/mol. The Morgan fingerprint density at radius 3 is 2.25 bits per heavy atom. The van der Waals surface area contributed by atoms with E-state index in [1.54, 1.807) is 31.6 Å². The van der Waals surface area contributed by atoms with Crippen molar-refractivity contribution < 1.29 is 9.47 Å². The van der Waals surface area contributed by atoms with E-state index < -0.39 is 0 Å². The van der Waals surface area contributed by atoms with Crippen molar-refractivity contribution in [2.45, 2.75) is 11.8 Å². The van der Waals surface area contributed by atoms with Gasteiger partial charge in [0, 0.05) is 16.0 Å². The first-order valence-electron chi connectivity index (χ1n) is 5.79. The van der Waals surface area contributed by atoms with Gasteiger partial charge in [0.25, 0.3) is 0 Å². The molecule has 2 rings (SSSR count). The van der Waals surface area contributed by atoms with Crippen LogP contribution < -0.4 is 9.47 Å². The van der Waals surface area contributed by atoms with Crippen molar-refractivity contribution in [3.63, 3.8) is 0 Å². The van der Waals surface area contributed by atoms with E-state index in [-0.39, 0.29) is 4.83 Å². The van der Waals surface area contributed by atoms with E-state index in [0.717, 1.165) is 9.35 Å². The molecule has 1 atom stereocenters. The summed E-state index contributed by atoms with van der Waals surface area (Å²) < 4.78 is 11.7. The lowest BCUT2D eigenvalue weighted by Gasteiger charge is -2.14. The van der Waals surface area contributed by atoms with Crippen LogP contribution >= 0.6 is 54.8 Å². The van der Waals surface area contributed by atoms with Crippen LogP contribution in [0.1, 0.15) is 20.8 Å². The summed E-state index contributed by atoms with van der Waals surface area (Å²) >= 11 is 15.3. The number of hydrogen-bond acceptors (Lipinski definition) is 3. The first-order valence-corrected chi connectivity index (χ1v) is 8.69. The van der Waals surface area contributed by atoms with Crippen LogP contribution in [0.3, 0.4) is 0 Å². The van der Waals surface area contributed by atoms with E-state index in [1.165, 1.54) is 10.4 Å². The molecule has 0 amide bonds. The molecule has 108 valence electrons. The van der Waals surface area contributed by atoms with Crippen LogP contribution in [-0.4, -0.2) is 14.2 Å². The minimum atomic E-state index is 0.0183. The SMILES string of the molecule is COc1cc(Cl)c(C(Br)c2cc(C)c(Br)s2)cc1OC. The fourth-order valence-electron chi connectivity index (χ4n) is 1.83. The van der Waals surface area contributed by atoms with Gasteiger partial charge >= 0.3 is 0 Å². The Morgan fingerprint density at radius 2 is 1.75 bits per heavy atom. The Kier molecular flexibility index (Phi) is 5.40. The quantitative estimate of drug-likeness (QED) is 0.545. The van der Waals surface area contributed by atoms with Crippen LogP contribution in [0, 0.1) is 6.92 Å². The zero-order valence-corrected chi connectivity index (χ0v) is 15.9. The average Bonchev–Trinajstić information content (AvgIpc) is 2.77. The molecule has 1 aromatic carbocycles. The molecular formula is C14H13Br2ClO2S. The molecule has 0 aliphatic rings. The lowest BCUT2D eigenvalue weighted by atomic mass is 10.1. The number of thiophene rings is 1. The average molecular weight is 441 g/mol. The lowest BCUT2D eigenvalue weighted by molar-refractivity contribution is 0.354. The Labute approximate surface area is 144 Å². The molecule has 0 saturated carbocycles. The molecule has 0 radical (unpaired) electrons. The van der Waals surface area contributed by atoms with Crippen molar-refractivity contribution in [2.24, 2.45) is 0 Å². The third-order valence-corrected chi connectivity index (χ3v) is 6.72. The van der Waals surface area contributed by atoms with Crippen molar-refractivity contribution in [1.82, 2.24) is 0 Å². The Morgan fingerprint density at radius 1 is 1.15 bits per heavy atom. The van der Waals surface area contributed by atoms with Gasteiger partial charge in [-0.1, -0.05) is 27.5 Å². The van der Waals surface area contributed by atoms with E-state index in [4.69, 9.17) is 21.1 Å². The maximum Gasteiger partial charge on any atom is 0.162 e. The molecule has 2 nitrogen and oxygen atoms in total. The first-order chi connectivity index (χ1) is 9.47. The van der Waals surface area contributed by atoms with E-state index in [9.17, 15) is 0 Å². The predicted octanol–water partition coefficient (Wildman–Crippen LogP) is 5.97. The lowest BCUT2D eigenvalue weighted by Crippen LogP contribution is -1.96. The van der Waals surface area contributed by atoms with Gasteiger partial charge in [0.15, 0.2) is 11.5 Å². The molecule has 0 N–H and O–H groups in total. The highest BCUT2D eigenvalue weighted by atomic mass is 79.9. The molecule has 20 heavy (non-hydrogen) atoms. The number of halogens is 3. The standard InChI is InChI=1S/C14H13Br2ClO2S/c1-7-4-12(20-14(7)16)13(15)8-5-10(18-2)11(19-3)6-9(8)17/h4-6,13H,1-3H3. The van der Waals surface area contributed by atoms with Crippen molar-refractivity contribution in [2.75, 3.05) is 14.2 Å². The van der Waals surface area contributed by atoms with Crippen LogP contribution in [0.15, 0.2) is 22.0 Å². The summed E-state index contributed by atoms with van der Waals surface area (Å²) in [6, 6.07) is 5.82. The summed E-state index contributed by atoms with van der Waals surface area (Å²) in [4.78, 5) is 1.20. The number of rotatable bonds is 4. The highest BCUT2D eigenvalue weighted by Gasteiger charge is 2.20. The van der Waals surface area contributed by atoms with E-state index >= 15 is 0 Å². The van der Waals surface area contributed by atoms with Crippen LogP contribution in [0.2, 0.25) is 5.02 Å². The summed E-state index contributed by atoms with van der Waals surface area (Å²) in [5.74, 6) is 1.30. The largest absolute Gasteiger partial charge is 0.493 e. The second kappa shape index (κ2) is 6.69. The Hall–Kier alpha value is -0.230. The number of ether oxygens (including phenoxy) is 2. The third-order valence-electron chi connectivity index (χ3n) is 2.90. The monoisotopic (exact) mass is 438 g/mol. The van der Waals surface area contributed by atoms with Crippen molar-refractivity contribution in [1.29, 1.82) is 0 Å². The smallest absolute Gasteiger partial charge is 0.162 e. The number of methoxy groups -OCH3 is 2. The summed E-state index contributed by atoms with van der Waals surface area (Å²) in [6.45, 7) is 2.07. The fraction of sp³-hybridized carbons (Fsp3) is 0.286. The molecule has 1 unspecified atom stereocenters. The zero-order valence-electron chi connectivity index (χ0n) is 11.2. The molecule has 0 spiro atoms. The highest BCUT2D eigenvalue weighted by Crippen LogP contribution is 2.44. The second-order valence-electron chi connectivity index (χ2n) is 4.20. The van der Waals surface area contributed by atoms with Gasteiger partial charge in [-0.2, -0.15) is 0 Å². The van der Waals surface area contributed by atoms with Gasteiger partial charge in [0.05, 0.1) is 22.8 Å². The molecule has 0 bridgehead atoms. The van der Waals surface area contributed by atoms with Gasteiger partial charge in [-0.25, -0.2) is 0 Å². The minimum absolute atomic E-state index is 0.0183. The normalized spacial score (nSPS) is 12.3. The molecule has 2 aromatic rings. The maximum absolute atomic E-state index is 6.36. The number of benzene rings is 1. The van der Waals surface area contributed by atoms with Crippen molar-refractivity contribution in [3.05, 3.63) is 43.0 Å². The second-order valence-corrected chi connectivity index (χ2v) is 7.92. The highest BCUT2D eigenvalue weighted by molar-refractivity contribution is 9.11. The van der Waals surface area contributed by atoms with Gasteiger partial charge in [0.2, 0.25) is 0 Å². The topological polar surface area (TPSA) is 18.5 Å². The van der Waals surface area contributed by atoms with Gasteiger partial charge in [0.1, 0.15) is 0 Å². The number of alkyl halides is 1. The summed E-state index contributed by atoms with van der Waals surface area (Å²) in [7, 11) is 3.21. The zero-order chi connectivity index (χ0) is 14.9. The van der Waals surface area contributed by atoms with Gasteiger partial charge in [-0.3, -0.25) is 0 Å². The molecule has 0 saturated heterocycles. The molecule has 1 aromatic heterocycles. The summed E-state index contributed by atoms with van der Waals surface area (Å²) in [5.41, 5.74) is 2.17. The van der Waals surface area contributed by atoms with Crippen LogP contribution in [0.5, 0.6) is 11.5 Å². The summed E-state index contributed by atoms with van der Waals surface area (Å²) in [5, 5.41) is 0.645. The molecule has 0 aliphatic carbocycles. The third kappa shape index (κ3) is 3.16. The van der Waals surface area contributed by atoms with Crippen LogP contribution in [0.25, 0.3) is 0 Å². The van der Waals surface area contributed by atoms with Crippen LogP contribution in [0.4, 0.5) is 0 Å². The van der Waals surface area contributed by atoms with Gasteiger partial charge in [-0.05, 0) is 46.1 Å². The first kappa shape index (κ1) is 16.1. The minimum Gasteiger partial charge on any atom is -0.493 e. The van der Waals surface area contributed by atoms with Gasteiger partial charge in [-0.15, -0.1) is 11.3 Å². The van der Waals surface area contributed by atoms with Crippen molar-refractivity contribution in [3.8, 4) is 11.5 Å². The van der Waals surface area contributed by atoms with E-state index in [0.29, 0.717) is 16.5 Å². The molecular weight excluding hydrogens is 427 g/mol. The maximum atomic E-state index is 6.36. The number of aryl methyl sites for hydroxylation is 1. The Bertz CT molecular complexity index is 608. The van der Waals surface area contributed by atoms with Crippen LogP contribution in [-0.2, 0) is 0 Å². The number of hydrogen-bond donors (Lipinski definition) is 0. The molecule has 0 aliphatic heterocycles. The van der Waals surface area contributed by atoms with E-state index in [2.05, 4.69) is 44.8 Å². The molecule has 1 heterocycles. The molecule has 6 heteroatoms. The molecule has 0 fully saturated rings. The fourth-order valence-corrected chi connectivity index (χ4v) is 4.58. The van der Waals surface area contributed by atoms with Crippen molar-refractivity contribution >= 4 is 54.8 Å². The summed E-state index contributed by atoms with van der Waals surface area (Å²) in [6.07, 6.45) is 0. The van der Waals surface area contributed by atoms with E-state index in [1.807, 2.05) is 6.07 Å².